The van der Waals surface area contributed by atoms with Gasteiger partial charge in [0.25, 0.3) is 11.5 Å². The maximum Gasteiger partial charge on any atom is 0.270 e. The molecule has 0 saturated heterocycles. The summed E-state index contributed by atoms with van der Waals surface area (Å²) in [5.74, 6) is -0.0895. The van der Waals surface area contributed by atoms with Gasteiger partial charge in [0.05, 0.1) is 0 Å². The molecule has 5 nitrogen and oxygen atoms in total. The zero-order chi connectivity index (χ0) is 19.8. The van der Waals surface area contributed by atoms with Gasteiger partial charge in [-0.25, -0.2) is 0 Å². The van der Waals surface area contributed by atoms with Crippen molar-refractivity contribution in [3.8, 4) is 0 Å². The number of nitrogens with zero attached hydrogens (tertiary/aromatic N) is 3. The van der Waals surface area contributed by atoms with Gasteiger partial charge in [0.1, 0.15) is 5.69 Å². The van der Waals surface area contributed by atoms with Crippen LogP contribution in [0, 0.1) is 0 Å². The molecule has 1 amide bonds. The molecule has 0 saturated carbocycles. The summed E-state index contributed by atoms with van der Waals surface area (Å²) in [6.45, 7) is 2.16. The van der Waals surface area contributed by atoms with E-state index in [2.05, 4.69) is 37.2 Å². The van der Waals surface area contributed by atoms with Crippen molar-refractivity contribution < 1.29 is 4.79 Å². The Labute approximate surface area is 164 Å². The fourth-order valence-electron chi connectivity index (χ4n) is 3.96. The van der Waals surface area contributed by atoms with Crippen LogP contribution in [-0.2, 0) is 26.6 Å². The van der Waals surface area contributed by atoms with Crippen LogP contribution in [-0.4, -0.2) is 40.9 Å². The zero-order valence-corrected chi connectivity index (χ0v) is 16.6. The summed E-state index contributed by atoms with van der Waals surface area (Å²) in [6, 6.07) is 15.8. The second-order valence-electron chi connectivity index (χ2n) is 7.80. The van der Waals surface area contributed by atoms with Crippen LogP contribution in [0.3, 0.4) is 0 Å². The number of pyridine rings is 1. The molecule has 2 heterocycles. The van der Waals surface area contributed by atoms with E-state index in [9.17, 15) is 9.59 Å². The highest BCUT2D eigenvalue weighted by molar-refractivity contribution is 5.96. The van der Waals surface area contributed by atoms with Crippen molar-refractivity contribution in [1.82, 2.24) is 14.4 Å². The number of benzene rings is 2. The van der Waals surface area contributed by atoms with E-state index in [0.29, 0.717) is 24.2 Å². The standard InChI is InChI=1S/C23H25N3O2/c1-24(2)14-16-8-9-19-15-26(11-10-17(19)12-16)23(28)21-13-18-6-4-5-7-20(18)22(27)25(21)3/h4-9,12-13H,10-11,14-15H2,1-3H3. The van der Waals surface area contributed by atoms with Crippen molar-refractivity contribution in [2.45, 2.75) is 19.5 Å². The Kier molecular flexibility index (Phi) is 4.77. The summed E-state index contributed by atoms with van der Waals surface area (Å²) >= 11 is 0. The fourth-order valence-corrected chi connectivity index (χ4v) is 3.96. The lowest BCUT2D eigenvalue weighted by Crippen LogP contribution is -2.38. The molecule has 3 aromatic rings. The Balaban J connectivity index is 1.63. The monoisotopic (exact) mass is 375 g/mol. The summed E-state index contributed by atoms with van der Waals surface area (Å²) in [7, 11) is 5.80. The summed E-state index contributed by atoms with van der Waals surface area (Å²) < 4.78 is 1.47. The van der Waals surface area contributed by atoms with Crippen molar-refractivity contribution >= 4 is 16.7 Å². The van der Waals surface area contributed by atoms with E-state index >= 15 is 0 Å². The second-order valence-corrected chi connectivity index (χ2v) is 7.80. The van der Waals surface area contributed by atoms with E-state index in [1.807, 2.05) is 29.2 Å². The van der Waals surface area contributed by atoms with Gasteiger partial charge in [-0.3, -0.25) is 9.59 Å². The highest BCUT2D eigenvalue weighted by atomic mass is 16.2. The van der Waals surface area contributed by atoms with Crippen LogP contribution >= 0.6 is 0 Å². The van der Waals surface area contributed by atoms with E-state index in [-0.39, 0.29) is 11.5 Å². The maximum atomic E-state index is 13.2. The lowest BCUT2D eigenvalue weighted by atomic mass is 9.96. The second kappa shape index (κ2) is 7.24. The van der Waals surface area contributed by atoms with Gasteiger partial charge in [0.15, 0.2) is 0 Å². The molecule has 0 spiro atoms. The van der Waals surface area contributed by atoms with Crippen molar-refractivity contribution in [3.63, 3.8) is 0 Å². The number of hydrogen-bond donors (Lipinski definition) is 0. The van der Waals surface area contributed by atoms with Gasteiger partial charge in [-0.1, -0.05) is 36.4 Å². The lowest BCUT2D eigenvalue weighted by Gasteiger charge is -2.30. The Morgan fingerprint density at radius 2 is 1.86 bits per heavy atom. The highest BCUT2D eigenvalue weighted by Gasteiger charge is 2.24. The number of carbonyl (C=O) groups excluding carboxylic acids is 1. The SMILES string of the molecule is CN(C)Cc1ccc2c(c1)CCN(C(=O)c1cc3ccccc3c(=O)n1C)C2. The van der Waals surface area contributed by atoms with Gasteiger partial charge in [-0.05, 0) is 54.7 Å². The average Bonchev–Trinajstić information content (AvgIpc) is 2.69. The van der Waals surface area contributed by atoms with E-state index in [1.165, 1.54) is 21.3 Å². The molecule has 0 radical (unpaired) electrons. The van der Waals surface area contributed by atoms with Crippen LogP contribution in [0.25, 0.3) is 10.8 Å². The third-order valence-corrected chi connectivity index (χ3v) is 5.44. The van der Waals surface area contributed by atoms with Crippen LogP contribution < -0.4 is 5.56 Å². The molecule has 144 valence electrons. The first kappa shape index (κ1) is 18.4. The normalized spacial score (nSPS) is 13.8. The number of rotatable bonds is 3. The Hall–Kier alpha value is -2.92. The summed E-state index contributed by atoms with van der Waals surface area (Å²) in [6.07, 6.45) is 0.837. The molecule has 0 bridgehead atoms. The topological polar surface area (TPSA) is 45.6 Å². The molecule has 1 aliphatic heterocycles. The van der Waals surface area contributed by atoms with Gasteiger partial charge in [-0.2, -0.15) is 0 Å². The number of amides is 1. The summed E-state index contributed by atoms with van der Waals surface area (Å²) in [4.78, 5) is 29.8. The molecule has 4 rings (SSSR count). The average molecular weight is 375 g/mol. The molecule has 1 aliphatic rings. The van der Waals surface area contributed by atoms with E-state index in [0.717, 1.165) is 18.4 Å². The predicted octanol–water partition coefficient (Wildman–Crippen LogP) is 2.80. The van der Waals surface area contributed by atoms with Gasteiger partial charge in [0.2, 0.25) is 0 Å². The predicted molar refractivity (Wildman–Crippen MR) is 111 cm³/mol. The van der Waals surface area contributed by atoms with Crippen LogP contribution in [0.15, 0.2) is 53.3 Å². The van der Waals surface area contributed by atoms with Gasteiger partial charge < -0.3 is 14.4 Å². The van der Waals surface area contributed by atoms with Gasteiger partial charge in [-0.15, -0.1) is 0 Å². The molecule has 0 aliphatic carbocycles. The van der Waals surface area contributed by atoms with E-state index in [4.69, 9.17) is 0 Å². The maximum absolute atomic E-state index is 13.2. The molecule has 0 fully saturated rings. The smallest absolute Gasteiger partial charge is 0.270 e. The minimum absolute atomic E-state index is 0.0895. The molecule has 5 heteroatoms. The Morgan fingerprint density at radius 1 is 1.07 bits per heavy atom. The van der Waals surface area contributed by atoms with E-state index in [1.54, 1.807) is 13.1 Å². The first-order valence-electron chi connectivity index (χ1n) is 9.57. The minimum atomic E-state index is -0.132. The molecule has 0 unspecified atom stereocenters. The van der Waals surface area contributed by atoms with Crippen LogP contribution in [0.2, 0.25) is 0 Å². The Morgan fingerprint density at radius 3 is 2.64 bits per heavy atom. The molecule has 0 atom stereocenters. The zero-order valence-electron chi connectivity index (χ0n) is 16.6. The quantitative estimate of drug-likeness (QED) is 0.707. The van der Waals surface area contributed by atoms with Crippen LogP contribution in [0.4, 0.5) is 0 Å². The Bertz CT molecular complexity index is 1110. The first-order chi connectivity index (χ1) is 13.4. The molecule has 2 aromatic carbocycles. The van der Waals surface area contributed by atoms with E-state index < -0.39 is 0 Å². The summed E-state index contributed by atoms with van der Waals surface area (Å²) in [5, 5.41) is 1.44. The molecular weight excluding hydrogens is 350 g/mol. The molecular formula is C23H25N3O2. The molecule has 1 aromatic heterocycles. The minimum Gasteiger partial charge on any atom is -0.333 e. The first-order valence-corrected chi connectivity index (χ1v) is 9.57. The van der Waals surface area contributed by atoms with Crippen LogP contribution in [0.5, 0.6) is 0 Å². The molecule has 0 N–H and O–H groups in total. The molecule has 28 heavy (non-hydrogen) atoms. The number of aromatic nitrogens is 1. The lowest BCUT2D eigenvalue weighted by molar-refractivity contribution is 0.0724. The number of hydrogen-bond acceptors (Lipinski definition) is 3. The van der Waals surface area contributed by atoms with Gasteiger partial charge in [0, 0.05) is 32.1 Å². The largest absolute Gasteiger partial charge is 0.333 e. The van der Waals surface area contributed by atoms with Crippen molar-refractivity contribution in [3.05, 3.63) is 81.3 Å². The summed E-state index contributed by atoms with van der Waals surface area (Å²) in [5.41, 5.74) is 4.10. The third-order valence-electron chi connectivity index (χ3n) is 5.44. The third kappa shape index (κ3) is 3.34. The van der Waals surface area contributed by atoms with Gasteiger partial charge >= 0.3 is 0 Å². The number of fused-ring (bicyclic) bond motifs is 2. The van der Waals surface area contributed by atoms with Crippen LogP contribution in [0.1, 0.15) is 27.2 Å². The van der Waals surface area contributed by atoms with Crippen molar-refractivity contribution in [2.24, 2.45) is 7.05 Å². The number of carbonyl (C=O) groups is 1. The van der Waals surface area contributed by atoms with Crippen molar-refractivity contribution in [2.75, 3.05) is 20.6 Å². The fraction of sp³-hybridized carbons (Fsp3) is 0.304. The van der Waals surface area contributed by atoms with Crippen molar-refractivity contribution in [1.29, 1.82) is 0 Å². The highest BCUT2D eigenvalue weighted by Crippen LogP contribution is 2.23.